The molecule has 3 aromatic rings. The fourth-order valence-corrected chi connectivity index (χ4v) is 3.83. The number of hydrogen-bond donors (Lipinski definition) is 1. The van der Waals surface area contributed by atoms with Crippen LogP contribution >= 0.6 is 0 Å². The van der Waals surface area contributed by atoms with Gasteiger partial charge in [0.05, 0.1) is 17.8 Å². The molecule has 158 valence electrons. The van der Waals surface area contributed by atoms with Crippen LogP contribution in [0.15, 0.2) is 47.3 Å². The van der Waals surface area contributed by atoms with E-state index in [2.05, 4.69) is 4.85 Å². The maximum absolute atomic E-state index is 14.4. The quantitative estimate of drug-likeness (QED) is 0.652. The number of anilines is 1. The minimum atomic E-state index is -0.703. The summed E-state index contributed by atoms with van der Waals surface area (Å²) >= 11 is 0. The Bertz CT molecular complexity index is 1240. The summed E-state index contributed by atoms with van der Waals surface area (Å²) in [4.78, 5) is 23.3. The van der Waals surface area contributed by atoms with Gasteiger partial charge in [0, 0.05) is 31.7 Å². The Morgan fingerprint density at radius 1 is 1.13 bits per heavy atom. The summed E-state index contributed by atoms with van der Waals surface area (Å²) < 4.78 is 29.8. The van der Waals surface area contributed by atoms with Crippen LogP contribution in [-0.2, 0) is 7.05 Å². The molecule has 0 unspecified atom stereocenters. The molecule has 0 aliphatic carbocycles. The minimum absolute atomic E-state index is 0.106. The molecule has 2 aromatic carbocycles. The lowest BCUT2D eigenvalue weighted by atomic mass is 9.99. The molecule has 4 rings (SSSR count). The van der Waals surface area contributed by atoms with Gasteiger partial charge in [-0.25, -0.2) is 18.6 Å². The van der Waals surface area contributed by atoms with Crippen molar-refractivity contribution in [2.75, 3.05) is 18.0 Å². The SMILES string of the molecule is [C-]#[N+]c1ccc(-c2nc(N3CCC(N)CC3)n(C)c(=O)c2-c2cccc(F)c2)cc1F. The molecule has 1 fully saturated rings. The van der Waals surface area contributed by atoms with Crippen molar-refractivity contribution in [2.24, 2.45) is 12.8 Å². The Morgan fingerprint density at radius 2 is 1.87 bits per heavy atom. The summed E-state index contributed by atoms with van der Waals surface area (Å²) in [6.45, 7) is 8.35. The number of nitrogens with zero attached hydrogens (tertiary/aromatic N) is 4. The molecule has 6 nitrogen and oxygen atoms in total. The Morgan fingerprint density at radius 3 is 2.52 bits per heavy atom. The van der Waals surface area contributed by atoms with Gasteiger partial charge in [-0.15, -0.1) is 0 Å². The molecule has 0 spiro atoms. The van der Waals surface area contributed by atoms with Crippen LogP contribution in [0.2, 0.25) is 0 Å². The highest BCUT2D eigenvalue weighted by Crippen LogP contribution is 2.33. The van der Waals surface area contributed by atoms with Gasteiger partial charge in [-0.2, -0.15) is 0 Å². The van der Waals surface area contributed by atoms with Gasteiger partial charge in [0.25, 0.3) is 5.56 Å². The second kappa shape index (κ2) is 8.28. The number of halogens is 2. The highest BCUT2D eigenvalue weighted by atomic mass is 19.1. The molecule has 0 bridgehead atoms. The Kier molecular flexibility index (Phi) is 5.53. The Hall–Kier alpha value is -3.57. The predicted octanol–water partition coefficient (Wildman–Crippen LogP) is 3.87. The number of nitrogens with two attached hydrogens (primary N) is 1. The topological polar surface area (TPSA) is 68.5 Å². The molecule has 1 saturated heterocycles. The molecule has 31 heavy (non-hydrogen) atoms. The van der Waals surface area contributed by atoms with E-state index >= 15 is 0 Å². The molecule has 8 heteroatoms. The highest BCUT2D eigenvalue weighted by Gasteiger charge is 2.24. The van der Waals surface area contributed by atoms with Crippen molar-refractivity contribution in [2.45, 2.75) is 18.9 Å². The van der Waals surface area contributed by atoms with Crippen molar-refractivity contribution in [1.82, 2.24) is 9.55 Å². The van der Waals surface area contributed by atoms with Gasteiger partial charge in [0.15, 0.2) is 0 Å². The van der Waals surface area contributed by atoms with E-state index in [1.54, 1.807) is 19.2 Å². The van der Waals surface area contributed by atoms with Crippen molar-refractivity contribution in [3.8, 4) is 22.4 Å². The van der Waals surface area contributed by atoms with E-state index in [1.165, 1.54) is 34.9 Å². The molecule has 0 atom stereocenters. The first-order valence-electron chi connectivity index (χ1n) is 9.94. The van der Waals surface area contributed by atoms with Gasteiger partial charge in [-0.05, 0) is 36.6 Å². The maximum atomic E-state index is 14.4. The number of piperidine rings is 1. The van der Waals surface area contributed by atoms with Crippen molar-refractivity contribution in [3.05, 3.63) is 75.9 Å². The minimum Gasteiger partial charge on any atom is -0.342 e. The van der Waals surface area contributed by atoms with Gasteiger partial charge in [0.2, 0.25) is 11.6 Å². The first kappa shape index (κ1) is 20.7. The molecule has 2 heterocycles. The second-order valence-corrected chi connectivity index (χ2v) is 7.61. The van der Waals surface area contributed by atoms with Crippen LogP contribution in [0.5, 0.6) is 0 Å². The molecule has 1 aromatic heterocycles. The average Bonchev–Trinajstić information content (AvgIpc) is 2.76. The molecule has 0 amide bonds. The zero-order chi connectivity index (χ0) is 22.1. The molecule has 0 saturated carbocycles. The fraction of sp³-hybridized carbons (Fsp3) is 0.261. The smallest absolute Gasteiger partial charge is 0.263 e. The largest absolute Gasteiger partial charge is 0.342 e. The molecule has 1 aliphatic heterocycles. The van der Waals surface area contributed by atoms with Gasteiger partial charge in [-0.1, -0.05) is 24.3 Å². The zero-order valence-electron chi connectivity index (χ0n) is 17.0. The lowest BCUT2D eigenvalue weighted by molar-refractivity contribution is 0.490. The average molecular weight is 421 g/mol. The van der Waals surface area contributed by atoms with E-state index in [9.17, 15) is 13.6 Å². The normalized spacial score (nSPS) is 14.5. The monoisotopic (exact) mass is 421 g/mol. The van der Waals surface area contributed by atoms with Gasteiger partial charge in [0.1, 0.15) is 11.6 Å². The summed E-state index contributed by atoms with van der Waals surface area (Å²) in [6, 6.07) is 9.87. The molecule has 0 radical (unpaired) electrons. The third-order valence-electron chi connectivity index (χ3n) is 5.54. The first-order chi connectivity index (χ1) is 14.9. The fourth-order valence-electron chi connectivity index (χ4n) is 3.83. The van der Waals surface area contributed by atoms with E-state index < -0.39 is 11.6 Å². The number of benzene rings is 2. The standard InChI is InChI=1S/C23H21F2N5O/c1-27-19-7-6-15(13-18(19)25)21-20(14-4-3-5-16(24)12-14)22(31)29(2)23(28-21)30-10-8-17(26)9-11-30/h3-7,12-13,17H,8-11,26H2,2H3. The number of rotatable bonds is 3. The summed E-state index contributed by atoms with van der Waals surface area (Å²) in [5, 5.41) is 0. The molecule has 1 aliphatic rings. The molecular formula is C23H21F2N5O. The Balaban J connectivity index is 1.96. The lowest BCUT2D eigenvalue weighted by Crippen LogP contribution is -2.42. The summed E-state index contributed by atoms with van der Waals surface area (Å²) in [5.41, 5.74) is 6.64. The van der Waals surface area contributed by atoms with Gasteiger partial charge >= 0.3 is 0 Å². The highest BCUT2D eigenvalue weighted by molar-refractivity contribution is 5.81. The van der Waals surface area contributed by atoms with Gasteiger partial charge < -0.3 is 10.6 Å². The summed E-state index contributed by atoms with van der Waals surface area (Å²) in [5.74, 6) is -0.749. The van der Waals surface area contributed by atoms with Crippen LogP contribution < -0.4 is 16.2 Å². The van der Waals surface area contributed by atoms with E-state index in [0.29, 0.717) is 30.2 Å². The third kappa shape index (κ3) is 3.92. The van der Waals surface area contributed by atoms with Crippen LogP contribution in [0.25, 0.3) is 27.2 Å². The summed E-state index contributed by atoms with van der Waals surface area (Å²) in [6.07, 6.45) is 1.54. The van der Waals surface area contributed by atoms with E-state index in [-0.39, 0.29) is 28.5 Å². The predicted molar refractivity (Wildman–Crippen MR) is 116 cm³/mol. The summed E-state index contributed by atoms with van der Waals surface area (Å²) in [7, 11) is 1.62. The zero-order valence-corrected chi connectivity index (χ0v) is 17.0. The molecular weight excluding hydrogens is 400 g/mol. The van der Waals surface area contributed by atoms with Crippen molar-refractivity contribution < 1.29 is 8.78 Å². The lowest BCUT2D eigenvalue weighted by Gasteiger charge is -2.32. The van der Waals surface area contributed by atoms with Gasteiger partial charge in [-0.3, -0.25) is 9.36 Å². The second-order valence-electron chi connectivity index (χ2n) is 7.61. The first-order valence-corrected chi connectivity index (χ1v) is 9.94. The van der Waals surface area contributed by atoms with Crippen LogP contribution in [-0.4, -0.2) is 28.7 Å². The third-order valence-corrected chi connectivity index (χ3v) is 5.54. The van der Waals surface area contributed by atoms with Crippen molar-refractivity contribution in [3.63, 3.8) is 0 Å². The van der Waals surface area contributed by atoms with Crippen LogP contribution in [0.4, 0.5) is 20.4 Å². The number of hydrogen-bond acceptors (Lipinski definition) is 4. The molecule has 2 N–H and O–H groups in total. The number of aromatic nitrogens is 2. The van der Waals surface area contributed by atoms with Crippen molar-refractivity contribution >= 4 is 11.6 Å². The van der Waals surface area contributed by atoms with E-state index in [0.717, 1.165) is 12.8 Å². The Labute approximate surface area is 178 Å². The van der Waals surface area contributed by atoms with Crippen LogP contribution in [0, 0.1) is 18.2 Å². The maximum Gasteiger partial charge on any atom is 0.263 e. The van der Waals surface area contributed by atoms with E-state index in [1.807, 2.05) is 4.90 Å². The van der Waals surface area contributed by atoms with Crippen LogP contribution in [0.1, 0.15) is 12.8 Å². The van der Waals surface area contributed by atoms with Crippen LogP contribution in [0.3, 0.4) is 0 Å². The van der Waals surface area contributed by atoms with Crippen molar-refractivity contribution in [1.29, 1.82) is 0 Å². The van der Waals surface area contributed by atoms with E-state index in [4.69, 9.17) is 17.3 Å².